The third-order valence-electron chi connectivity index (χ3n) is 13.0. The molecule has 2 N–H and O–H groups in total. The third kappa shape index (κ3) is 5.20. The molecule has 0 radical (unpaired) electrons. The number of H-pyrrole nitrogens is 1. The second-order valence-electron chi connectivity index (χ2n) is 16.5. The molecule has 1 unspecified atom stereocenters. The smallest absolute Gasteiger partial charge is 0.399 e. The topological polar surface area (TPSA) is 79.5 Å². The average molecular weight is 681 g/mol. The molecule has 1 spiro atoms. The fraction of sp³-hybridized carbons (Fsp3) is 0.442. The predicted molar refractivity (Wildman–Crippen MR) is 206 cm³/mol. The second-order valence-corrected chi connectivity index (χ2v) is 16.5. The van der Waals surface area contributed by atoms with E-state index >= 15 is 0 Å². The van der Waals surface area contributed by atoms with E-state index in [9.17, 15) is 4.79 Å². The molecule has 1 saturated carbocycles. The summed E-state index contributed by atoms with van der Waals surface area (Å²) in [7, 11) is 1.42. The highest BCUT2D eigenvalue weighted by Gasteiger charge is 2.52. The quantitative estimate of drug-likeness (QED) is 0.178. The molecule has 51 heavy (non-hydrogen) atoms. The molecule has 2 aliphatic carbocycles. The lowest BCUT2D eigenvalue weighted by Crippen LogP contribution is -2.41. The minimum atomic E-state index is -0.410. The average Bonchev–Trinajstić information content (AvgIpc) is 3.95. The third-order valence-corrected chi connectivity index (χ3v) is 13.0. The molecule has 3 fully saturated rings. The van der Waals surface area contributed by atoms with Gasteiger partial charge < -0.3 is 24.5 Å². The highest BCUT2D eigenvalue weighted by Crippen LogP contribution is 2.55. The van der Waals surface area contributed by atoms with Crippen molar-refractivity contribution in [3.05, 3.63) is 83.7 Å². The molecule has 3 heterocycles. The number of likely N-dealkylation sites (tertiary alicyclic amines) is 1. The summed E-state index contributed by atoms with van der Waals surface area (Å²) in [6, 6.07) is 24.8. The van der Waals surface area contributed by atoms with Crippen molar-refractivity contribution in [3.8, 4) is 22.3 Å². The lowest BCUT2D eigenvalue weighted by molar-refractivity contribution is -0.131. The van der Waals surface area contributed by atoms with Gasteiger partial charge in [0.25, 0.3) is 0 Å². The van der Waals surface area contributed by atoms with E-state index in [0.717, 1.165) is 48.1 Å². The van der Waals surface area contributed by atoms with Gasteiger partial charge in [-0.3, -0.25) is 4.79 Å². The van der Waals surface area contributed by atoms with Crippen LogP contribution in [0.1, 0.15) is 95.6 Å². The van der Waals surface area contributed by atoms with Gasteiger partial charge in [-0.25, -0.2) is 4.98 Å². The van der Waals surface area contributed by atoms with Crippen molar-refractivity contribution in [2.45, 2.75) is 102 Å². The van der Waals surface area contributed by atoms with Crippen LogP contribution < -0.4 is 10.8 Å². The number of carbonyl (C=O) groups excluding carboxylic acids is 1. The Balaban J connectivity index is 1.14. The lowest BCUT2D eigenvalue weighted by Gasteiger charge is -2.32. The second kappa shape index (κ2) is 12.0. The van der Waals surface area contributed by atoms with Crippen molar-refractivity contribution >= 4 is 40.3 Å². The first-order valence-electron chi connectivity index (χ1n) is 19.1. The summed E-state index contributed by atoms with van der Waals surface area (Å²) in [5.74, 6) is 1.03. The Kier molecular flexibility index (Phi) is 7.77. The largest absolute Gasteiger partial charge is 0.495 e. The highest BCUT2D eigenvalue weighted by molar-refractivity contribution is 6.65. The first kappa shape index (κ1) is 32.9. The molecule has 1 amide bonds. The maximum absolute atomic E-state index is 12.9. The van der Waals surface area contributed by atoms with Crippen LogP contribution in [0.15, 0.2) is 66.7 Å². The number of hydrogen-bond donors (Lipinski definition) is 2. The summed E-state index contributed by atoms with van der Waals surface area (Å²) in [6.07, 6.45) is 9.35. The number of rotatable bonds is 6. The number of aromatic nitrogens is 2. The number of imidazole rings is 1. The van der Waals surface area contributed by atoms with Gasteiger partial charge in [0.05, 0.1) is 34.8 Å². The number of amides is 1. The maximum Gasteiger partial charge on any atom is 0.495 e. The number of nitrogens with one attached hydrogen (secondary N) is 2. The van der Waals surface area contributed by atoms with Crippen LogP contribution in [0.4, 0.5) is 0 Å². The van der Waals surface area contributed by atoms with E-state index in [1.54, 1.807) is 5.56 Å². The zero-order chi connectivity index (χ0) is 35.1. The molecule has 4 aliphatic rings. The van der Waals surface area contributed by atoms with Crippen LogP contribution >= 0.6 is 0 Å². The van der Waals surface area contributed by atoms with E-state index in [1.165, 1.54) is 70.7 Å². The maximum atomic E-state index is 12.9. The molecule has 5 aromatic rings. The summed E-state index contributed by atoms with van der Waals surface area (Å²) >= 11 is 0. The van der Waals surface area contributed by atoms with Gasteiger partial charge in [0, 0.05) is 6.54 Å². The first-order valence-corrected chi connectivity index (χ1v) is 19.1. The Morgan fingerprint density at radius 3 is 2.39 bits per heavy atom. The van der Waals surface area contributed by atoms with Gasteiger partial charge in [0.2, 0.25) is 5.91 Å². The zero-order valence-electron chi connectivity index (χ0n) is 30.7. The van der Waals surface area contributed by atoms with Crippen molar-refractivity contribution in [2.75, 3.05) is 20.1 Å². The molecule has 7 nitrogen and oxygen atoms in total. The molecular weight excluding hydrogens is 631 g/mol. The fourth-order valence-electron chi connectivity index (χ4n) is 9.74. The molecule has 9 rings (SSSR count). The van der Waals surface area contributed by atoms with Crippen LogP contribution in [0, 0.1) is 0 Å². The number of nitrogens with zero attached hydrogens (tertiary/aromatic N) is 2. The zero-order valence-corrected chi connectivity index (χ0v) is 30.7. The molecule has 4 aromatic carbocycles. The van der Waals surface area contributed by atoms with Gasteiger partial charge in [-0.2, -0.15) is 0 Å². The van der Waals surface area contributed by atoms with Gasteiger partial charge >= 0.3 is 7.12 Å². The normalized spacial score (nSPS) is 21.8. The van der Waals surface area contributed by atoms with Crippen molar-refractivity contribution in [1.29, 1.82) is 0 Å². The van der Waals surface area contributed by atoms with Gasteiger partial charge in [0.1, 0.15) is 5.82 Å². The lowest BCUT2D eigenvalue weighted by atomic mass is 9.74. The SMILES string of the molecule is CNCC(=O)N1CCCC1c1nc2ccc(-c3ccc(-c4ccc(B5OC(C)(C)C(C)(C)O5)c5ccccc45)c4c3C3(CCCC3)CC4)cc2[nH]1. The molecular formula is C43H49BN4O3. The van der Waals surface area contributed by atoms with Crippen molar-refractivity contribution < 1.29 is 14.1 Å². The predicted octanol–water partition coefficient (Wildman–Crippen LogP) is 7.99. The van der Waals surface area contributed by atoms with Crippen LogP contribution in [0.3, 0.4) is 0 Å². The van der Waals surface area contributed by atoms with Gasteiger partial charge in [-0.05, 0) is 140 Å². The molecule has 2 aliphatic heterocycles. The molecule has 1 atom stereocenters. The molecule has 8 heteroatoms. The molecule has 2 saturated heterocycles. The van der Waals surface area contributed by atoms with E-state index in [4.69, 9.17) is 14.3 Å². The number of hydrogen-bond acceptors (Lipinski definition) is 5. The summed E-state index contributed by atoms with van der Waals surface area (Å²) in [5.41, 5.74) is 10.8. The van der Waals surface area contributed by atoms with Gasteiger partial charge in [-0.15, -0.1) is 0 Å². The highest BCUT2D eigenvalue weighted by atomic mass is 16.7. The summed E-state index contributed by atoms with van der Waals surface area (Å²) in [5, 5.41) is 5.45. The van der Waals surface area contributed by atoms with Crippen LogP contribution in [-0.4, -0.2) is 59.2 Å². The molecule has 262 valence electrons. The van der Waals surface area contributed by atoms with Gasteiger partial charge in [-0.1, -0.05) is 67.4 Å². The fourth-order valence-corrected chi connectivity index (χ4v) is 9.74. The van der Waals surface area contributed by atoms with E-state index in [0.29, 0.717) is 6.54 Å². The van der Waals surface area contributed by atoms with Crippen LogP contribution in [0.25, 0.3) is 44.1 Å². The molecule has 0 bridgehead atoms. The van der Waals surface area contributed by atoms with E-state index in [-0.39, 0.29) is 17.4 Å². The number of benzene rings is 4. The van der Waals surface area contributed by atoms with E-state index < -0.39 is 18.3 Å². The monoisotopic (exact) mass is 680 g/mol. The van der Waals surface area contributed by atoms with Crippen LogP contribution in [-0.2, 0) is 25.9 Å². The summed E-state index contributed by atoms with van der Waals surface area (Å²) in [6.45, 7) is 9.61. The minimum absolute atomic E-state index is 0.00188. The Hall–Kier alpha value is -3.98. The Bertz CT molecular complexity index is 2170. The van der Waals surface area contributed by atoms with E-state index in [1.807, 2.05) is 11.9 Å². The van der Waals surface area contributed by atoms with Gasteiger partial charge in [0.15, 0.2) is 0 Å². The van der Waals surface area contributed by atoms with Crippen LogP contribution in [0.2, 0.25) is 0 Å². The number of fused-ring (bicyclic) bond motifs is 4. The number of likely N-dealkylation sites (N-methyl/N-ethyl adjacent to an activating group) is 1. The van der Waals surface area contributed by atoms with Crippen molar-refractivity contribution in [2.24, 2.45) is 0 Å². The minimum Gasteiger partial charge on any atom is -0.399 e. The Labute approximate surface area is 301 Å². The molecule has 1 aromatic heterocycles. The number of carbonyl (C=O) groups is 1. The first-order chi connectivity index (χ1) is 24.6. The summed E-state index contributed by atoms with van der Waals surface area (Å²) < 4.78 is 13.1. The van der Waals surface area contributed by atoms with Crippen LogP contribution in [0.5, 0.6) is 0 Å². The standard InChI is InChI=1S/C43H49BN4O3/c1-41(2)42(3,4)51-44(50-41)34-18-17-30(29-11-6-7-12-32(29)34)31-16-15-28(39-33(31)20-23-43(39)21-8-9-22-43)27-14-19-35-36(25-27)47-40(46-35)37-13-10-24-48(37)38(49)26-45-5/h6-7,11-12,14-19,25,37,45H,8-10,13,20-24,26H2,1-5H3,(H,46,47). The summed E-state index contributed by atoms with van der Waals surface area (Å²) in [4.78, 5) is 23.5. The number of aromatic amines is 1. The van der Waals surface area contributed by atoms with Crippen molar-refractivity contribution in [3.63, 3.8) is 0 Å². The van der Waals surface area contributed by atoms with Crippen molar-refractivity contribution in [1.82, 2.24) is 20.2 Å². The van der Waals surface area contributed by atoms with E-state index in [2.05, 4.69) is 105 Å². The Morgan fingerprint density at radius 1 is 0.902 bits per heavy atom. The Morgan fingerprint density at radius 2 is 1.63 bits per heavy atom.